The first kappa shape index (κ1) is 19.3. The van der Waals surface area contributed by atoms with E-state index in [4.69, 9.17) is 14.2 Å². The second-order valence-corrected chi connectivity index (χ2v) is 5.21. The fourth-order valence-corrected chi connectivity index (χ4v) is 2.09. The van der Waals surface area contributed by atoms with Crippen molar-refractivity contribution in [2.24, 2.45) is 0 Å². The van der Waals surface area contributed by atoms with Gasteiger partial charge in [-0.3, -0.25) is 20.4 Å². The summed E-state index contributed by atoms with van der Waals surface area (Å²) in [6.45, 7) is 3.41. The van der Waals surface area contributed by atoms with E-state index in [0.29, 0.717) is 42.4 Å². The molecule has 2 rings (SSSR count). The quantitative estimate of drug-likeness (QED) is 0.558. The van der Waals surface area contributed by atoms with Crippen molar-refractivity contribution in [3.63, 3.8) is 0 Å². The molecule has 2 aromatic carbocycles. The molecule has 0 spiro atoms. The Morgan fingerprint density at radius 1 is 0.885 bits per heavy atom. The molecule has 2 aromatic rings. The van der Waals surface area contributed by atoms with Crippen LogP contribution in [0, 0.1) is 0 Å². The van der Waals surface area contributed by atoms with Crippen LogP contribution in [0.1, 0.15) is 27.6 Å². The first-order valence-electron chi connectivity index (χ1n) is 8.19. The maximum Gasteiger partial charge on any atom is 0.269 e. The van der Waals surface area contributed by atoms with Crippen molar-refractivity contribution >= 4 is 11.8 Å². The summed E-state index contributed by atoms with van der Waals surface area (Å²) in [7, 11) is 1.55. The van der Waals surface area contributed by atoms with Gasteiger partial charge in [0.2, 0.25) is 0 Å². The predicted octanol–water partition coefficient (Wildman–Crippen LogP) is 2.19. The molecule has 0 heterocycles. The van der Waals surface area contributed by atoms with E-state index < -0.39 is 11.8 Å². The minimum atomic E-state index is -0.442. The Labute approximate surface area is 152 Å². The van der Waals surface area contributed by atoms with Gasteiger partial charge in [-0.2, -0.15) is 0 Å². The Morgan fingerprint density at radius 3 is 2.23 bits per heavy atom. The lowest BCUT2D eigenvalue weighted by Crippen LogP contribution is -2.41. The van der Waals surface area contributed by atoms with E-state index in [0.717, 1.165) is 0 Å². The molecule has 0 aliphatic carbocycles. The SMILES string of the molecule is CCOCCOc1cccc(C(=O)NNC(=O)c2ccc(OC)cc2)c1. The van der Waals surface area contributed by atoms with Crippen LogP contribution < -0.4 is 20.3 Å². The topological polar surface area (TPSA) is 85.9 Å². The maximum absolute atomic E-state index is 12.2. The zero-order chi connectivity index (χ0) is 18.8. The number of hydrogen-bond donors (Lipinski definition) is 2. The minimum absolute atomic E-state index is 0.369. The van der Waals surface area contributed by atoms with Crippen LogP contribution in [0.2, 0.25) is 0 Å². The third-order valence-corrected chi connectivity index (χ3v) is 3.44. The molecule has 138 valence electrons. The van der Waals surface area contributed by atoms with Gasteiger partial charge in [0, 0.05) is 17.7 Å². The maximum atomic E-state index is 12.2. The van der Waals surface area contributed by atoms with Gasteiger partial charge in [0.25, 0.3) is 11.8 Å². The van der Waals surface area contributed by atoms with E-state index in [1.807, 2.05) is 6.92 Å². The highest BCUT2D eigenvalue weighted by atomic mass is 16.5. The molecule has 0 atom stereocenters. The standard InChI is InChI=1S/C19H22N2O5/c1-3-25-11-12-26-17-6-4-5-15(13-17)19(23)21-20-18(22)14-7-9-16(24-2)10-8-14/h4-10,13H,3,11-12H2,1-2H3,(H,20,22)(H,21,23). The van der Waals surface area contributed by atoms with Crippen molar-refractivity contribution in [3.05, 3.63) is 59.7 Å². The summed E-state index contributed by atoms with van der Waals surface area (Å²) in [5.74, 6) is 0.331. The Bertz CT molecular complexity index is 731. The van der Waals surface area contributed by atoms with Crippen LogP contribution in [0.5, 0.6) is 11.5 Å². The summed E-state index contributed by atoms with van der Waals surface area (Å²) >= 11 is 0. The molecule has 0 bridgehead atoms. The van der Waals surface area contributed by atoms with Crippen molar-refractivity contribution in [3.8, 4) is 11.5 Å². The van der Waals surface area contributed by atoms with Crippen molar-refractivity contribution < 1.29 is 23.8 Å². The summed E-state index contributed by atoms with van der Waals surface area (Å²) in [6.07, 6.45) is 0. The summed E-state index contributed by atoms with van der Waals surface area (Å²) in [5.41, 5.74) is 5.52. The normalized spacial score (nSPS) is 10.1. The zero-order valence-corrected chi connectivity index (χ0v) is 14.8. The van der Waals surface area contributed by atoms with E-state index >= 15 is 0 Å². The average molecular weight is 358 g/mol. The summed E-state index contributed by atoms with van der Waals surface area (Å²) in [6, 6.07) is 13.2. The molecule has 2 N–H and O–H groups in total. The van der Waals surface area contributed by atoms with Gasteiger partial charge >= 0.3 is 0 Å². The van der Waals surface area contributed by atoms with E-state index in [2.05, 4.69) is 10.9 Å². The highest BCUT2D eigenvalue weighted by Crippen LogP contribution is 2.13. The van der Waals surface area contributed by atoms with E-state index in [1.165, 1.54) is 0 Å². The molecule has 0 saturated carbocycles. The van der Waals surface area contributed by atoms with Crippen LogP contribution in [0.25, 0.3) is 0 Å². The van der Waals surface area contributed by atoms with Crippen LogP contribution in [0.15, 0.2) is 48.5 Å². The van der Waals surface area contributed by atoms with Crippen molar-refractivity contribution in [2.45, 2.75) is 6.92 Å². The molecular weight excluding hydrogens is 336 g/mol. The second kappa shape index (κ2) is 10.0. The van der Waals surface area contributed by atoms with Crippen LogP contribution in [0.3, 0.4) is 0 Å². The number of carbonyl (C=O) groups is 2. The smallest absolute Gasteiger partial charge is 0.269 e. The van der Waals surface area contributed by atoms with Gasteiger partial charge in [-0.25, -0.2) is 0 Å². The molecule has 0 saturated heterocycles. The van der Waals surface area contributed by atoms with Crippen LogP contribution in [-0.2, 0) is 4.74 Å². The first-order valence-corrected chi connectivity index (χ1v) is 8.19. The van der Waals surface area contributed by atoms with E-state index in [9.17, 15) is 9.59 Å². The van der Waals surface area contributed by atoms with Crippen molar-refractivity contribution in [1.82, 2.24) is 10.9 Å². The van der Waals surface area contributed by atoms with Gasteiger partial charge in [-0.05, 0) is 49.4 Å². The zero-order valence-electron chi connectivity index (χ0n) is 14.8. The predicted molar refractivity (Wildman–Crippen MR) is 96.4 cm³/mol. The number of rotatable bonds is 8. The molecular formula is C19H22N2O5. The van der Waals surface area contributed by atoms with Crippen LogP contribution in [0.4, 0.5) is 0 Å². The summed E-state index contributed by atoms with van der Waals surface area (Å²) in [5, 5.41) is 0. The number of methoxy groups -OCH3 is 1. The van der Waals surface area contributed by atoms with Gasteiger partial charge in [0.15, 0.2) is 0 Å². The van der Waals surface area contributed by atoms with Gasteiger partial charge in [0.1, 0.15) is 18.1 Å². The molecule has 7 nitrogen and oxygen atoms in total. The Kier molecular flexibility index (Phi) is 7.45. The molecule has 0 aliphatic heterocycles. The highest BCUT2D eigenvalue weighted by molar-refractivity contribution is 5.99. The number of amides is 2. The van der Waals surface area contributed by atoms with Gasteiger partial charge in [0.05, 0.1) is 13.7 Å². The van der Waals surface area contributed by atoms with Gasteiger partial charge < -0.3 is 14.2 Å². The van der Waals surface area contributed by atoms with E-state index in [1.54, 1.807) is 55.6 Å². The molecule has 26 heavy (non-hydrogen) atoms. The average Bonchev–Trinajstić information content (AvgIpc) is 2.69. The summed E-state index contributed by atoms with van der Waals surface area (Å²) in [4.78, 5) is 24.2. The minimum Gasteiger partial charge on any atom is -0.497 e. The van der Waals surface area contributed by atoms with Crippen LogP contribution >= 0.6 is 0 Å². The lowest BCUT2D eigenvalue weighted by atomic mass is 10.2. The number of hydrazine groups is 1. The number of ether oxygens (including phenoxy) is 3. The molecule has 0 unspecified atom stereocenters. The molecule has 0 fully saturated rings. The van der Waals surface area contributed by atoms with Gasteiger partial charge in [-0.1, -0.05) is 6.07 Å². The summed E-state index contributed by atoms with van der Waals surface area (Å²) < 4.78 is 15.7. The Hall–Kier alpha value is -3.06. The highest BCUT2D eigenvalue weighted by Gasteiger charge is 2.10. The molecule has 0 aromatic heterocycles. The van der Waals surface area contributed by atoms with Crippen molar-refractivity contribution in [1.29, 1.82) is 0 Å². The van der Waals surface area contributed by atoms with Crippen LogP contribution in [-0.4, -0.2) is 38.7 Å². The van der Waals surface area contributed by atoms with Crippen molar-refractivity contribution in [2.75, 3.05) is 26.9 Å². The van der Waals surface area contributed by atoms with E-state index in [-0.39, 0.29) is 0 Å². The Balaban J connectivity index is 1.87. The Morgan fingerprint density at radius 2 is 1.58 bits per heavy atom. The number of carbonyl (C=O) groups excluding carboxylic acids is 2. The largest absolute Gasteiger partial charge is 0.497 e. The lowest BCUT2D eigenvalue weighted by Gasteiger charge is -2.10. The number of benzene rings is 2. The second-order valence-electron chi connectivity index (χ2n) is 5.21. The molecule has 2 amide bonds. The number of nitrogens with one attached hydrogen (secondary N) is 2. The fourth-order valence-electron chi connectivity index (χ4n) is 2.09. The first-order chi connectivity index (χ1) is 12.6. The number of hydrogen-bond acceptors (Lipinski definition) is 5. The lowest BCUT2D eigenvalue weighted by molar-refractivity contribution is 0.0846. The third kappa shape index (κ3) is 5.78. The van der Waals surface area contributed by atoms with Gasteiger partial charge in [-0.15, -0.1) is 0 Å². The monoisotopic (exact) mass is 358 g/mol. The third-order valence-electron chi connectivity index (χ3n) is 3.44. The fraction of sp³-hybridized carbons (Fsp3) is 0.263. The molecule has 0 radical (unpaired) electrons. The molecule has 0 aliphatic rings. The molecule has 7 heteroatoms.